The number of fused-ring (bicyclic) bond motifs is 1. The van der Waals surface area contributed by atoms with Gasteiger partial charge in [0.15, 0.2) is 0 Å². The molecule has 3 aliphatic carbocycles. The Bertz CT molecular complexity index is 532. The third kappa shape index (κ3) is 3.89. The highest BCUT2D eigenvalue weighted by Gasteiger charge is 2.56. The summed E-state index contributed by atoms with van der Waals surface area (Å²) in [5, 5.41) is 24.1. The smallest absolute Gasteiger partial charge is 0.0544 e. The first kappa shape index (κ1) is 21.3. The fraction of sp³-hybridized carbons (Fsp3) is 0.917. The summed E-state index contributed by atoms with van der Waals surface area (Å²) in [5.41, 5.74) is 1.92. The highest BCUT2D eigenvalue weighted by molar-refractivity contribution is 5.21. The van der Waals surface area contributed by atoms with Crippen molar-refractivity contribution in [1.82, 2.24) is 5.32 Å². The zero-order chi connectivity index (χ0) is 19.8. The first-order chi connectivity index (χ1) is 12.7. The molecule has 0 aliphatic heterocycles. The zero-order valence-electron chi connectivity index (χ0n) is 18.1. The molecule has 0 aromatic rings. The summed E-state index contributed by atoms with van der Waals surface area (Å²) >= 11 is 0. The van der Waals surface area contributed by atoms with Crippen LogP contribution in [0.1, 0.15) is 72.6 Å². The van der Waals surface area contributed by atoms with E-state index < -0.39 is 0 Å². The van der Waals surface area contributed by atoms with Crippen LogP contribution in [0.25, 0.3) is 0 Å². The van der Waals surface area contributed by atoms with E-state index in [1.807, 2.05) is 0 Å². The zero-order valence-corrected chi connectivity index (χ0v) is 18.1. The molecule has 0 radical (unpaired) electrons. The predicted molar refractivity (Wildman–Crippen MR) is 112 cm³/mol. The molecule has 27 heavy (non-hydrogen) atoms. The lowest BCUT2D eigenvalue weighted by Crippen LogP contribution is -2.53. The highest BCUT2D eigenvalue weighted by Crippen LogP contribution is 2.63. The van der Waals surface area contributed by atoms with Gasteiger partial charge >= 0.3 is 0 Å². The average Bonchev–Trinajstić information content (AvgIpc) is 2.92. The van der Waals surface area contributed by atoms with E-state index in [0.29, 0.717) is 29.1 Å². The third-order valence-corrected chi connectivity index (χ3v) is 8.90. The van der Waals surface area contributed by atoms with Crippen LogP contribution in [0.15, 0.2) is 12.2 Å². The first-order valence-corrected chi connectivity index (χ1v) is 11.4. The monoisotopic (exact) mass is 377 g/mol. The Hall–Kier alpha value is -0.380. The van der Waals surface area contributed by atoms with Gasteiger partial charge in [-0.3, -0.25) is 0 Å². The molecule has 7 atom stereocenters. The molecule has 0 heterocycles. The van der Waals surface area contributed by atoms with Crippen LogP contribution < -0.4 is 5.32 Å². The van der Waals surface area contributed by atoms with E-state index >= 15 is 0 Å². The Kier molecular flexibility index (Phi) is 6.45. The van der Waals surface area contributed by atoms with Gasteiger partial charge in [0.25, 0.3) is 0 Å². The molecular weight excluding hydrogens is 334 g/mol. The minimum Gasteiger partial charge on any atom is -0.396 e. The van der Waals surface area contributed by atoms with E-state index in [-0.39, 0.29) is 24.0 Å². The Morgan fingerprint density at radius 3 is 2.56 bits per heavy atom. The molecular formula is C24H43NO2. The van der Waals surface area contributed by atoms with E-state index in [0.717, 1.165) is 32.4 Å². The molecule has 0 bridgehead atoms. The topological polar surface area (TPSA) is 52.5 Å². The maximum absolute atomic E-state index is 10.2. The van der Waals surface area contributed by atoms with Gasteiger partial charge < -0.3 is 15.5 Å². The summed E-state index contributed by atoms with van der Waals surface area (Å²) in [6, 6.07) is 0. The summed E-state index contributed by atoms with van der Waals surface area (Å²) in [5.74, 6) is 2.89. The van der Waals surface area contributed by atoms with Gasteiger partial charge in [-0.05, 0) is 98.5 Å². The molecule has 3 heteroatoms. The second-order valence-electron chi connectivity index (χ2n) is 10.8. The standard InChI is InChI=1S/C24H43NO2/c1-16(2)13-25-14-20-21-7-6-17(3)23(21,4)11-9-22(20)24(5)10-8-19(27)12-18(24)15-26/h16,18-22,25-27H,3,6-15H2,1-2,4-5H3/t18-,19+,20-,21?,22?,23+,24+/m1/s1. The summed E-state index contributed by atoms with van der Waals surface area (Å²) in [6.45, 7) is 16.3. The molecule has 3 saturated carbocycles. The van der Waals surface area contributed by atoms with Crippen molar-refractivity contribution >= 4 is 0 Å². The number of aliphatic hydroxyl groups excluding tert-OH is 2. The fourth-order valence-electron chi connectivity index (χ4n) is 7.01. The molecule has 0 aromatic carbocycles. The van der Waals surface area contributed by atoms with Crippen LogP contribution in [0, 0.1) is 40.4 Å². The number of allylic oxidation sites excluding steroid dienone is 1. The van der Waals surface area contributed by atoms with E-state index in [1.165, 1.54) is 31.3 Å². The van der Waals surface area contributed by atoms with Gasteiger partial charge in [0, 0.05) is 6.61 Å². The molecule has 3 aliphatic rings. The predicted octanol–water partition coefficient (Wildman–Crippen LogP) is 4.39. The van der Waals surface area contributed by atoms with Crippen LogP contribution in [0.4, 0.5) is 0 Å². The van der Waals surface area contributed by atoms with Crippen LogP contribution in [0.2, 0.25) is 0 Å². The van der Waals surface area contributed by atoms with Crippen molar-refractivity contribution in [2.24, 2.45) is 40.4 Å². The van der Waals surface area contributed by atoms with Crippen molar-refractivity contribution < 1.29 is 10.2 Å². The number of nitrogens with one attached hydrogen (secondary N) is 1. The number of rotatable bonds is 6. The second kappa shape index (κ2) is 8.16. The van der Waals surface area contributed by atoms with E-state index in [2.05, 4.69) is 39.6 Å². The van der Waals surface area contributed by atoms with Gasteiger partial charge in [-0.25, -0.2) is 0 Å². The van der Waals surface area contributed by atoms with Crippen molar-refractivity contribution in [3.05, 3.63) is 12.2 Å². The summed E-state index contributed by atoms with van der Waals surface area (Å²) in [4.78, 5) is 0. The molecule has 3 nitrogen and oxygen atoms in total. The van der Waals surface area contributed by atoms with Crippen LogP contribution in [0.3, 0.4) is 0 Å². The molecule has 2 unspecified atom stereocenters. The van der Waals surface area contributed by atoms with Crippen molar-refractivity contribution in [3.63, 3.8) is 0 Å². The van der Waals surface area contributed by atoms with Gasteiger partial charge in [0.2, 0.25) is 0 Å². The summed E-state index contributed by atoms with van der Waals surface area (Å²) in [6.07, 6.45) is 7.44. The van der Waals surface area contributed by atoms with Crippen molar-refractivity contribution in [3.8, 4) is 0 Å². The number of hydrogen-bond acceptors (Lipinski definition) is 3. The number of hydrogen-bond donors (Lipinski definition) is 3. The van der Waals surface area contributed by atoms with Gasteiger partial charge in [-0.15, -0.1) is 0 Å². The molecule has 3 rings (SSSR count). The maximum atomic E-state index is 10.2. The second-order valence-corrected chi connectivity index (χ2v) is 10.8. The minimum atomic E-state index is -0.229. The minimum absolute atomic E-state index is 0.142. The van der Waals surface area contributed by atoms with Crippen LogP contribution in [0.5, 0.6) is 0 Å². The van der Waals surface area contributed by atoms with Gasteiger partial charge in [0.05, 0.1) is 6.10 Å². The SMILES string of the molecule is C=C1CCC2[C@@H](CNCC(C)C)C([C@@]3(C)CC[C@H](O)C[C@@H]3CO)CC[C@@]12C. The molecule has 156 valence electrons. The molecule has 0 aromatic heterocycles. The van der Waals surface area contributed by atoms with Crippen LogP contribution >= 0.6 is 0 Å². The van der Waals surface area contributed by atoms with Crippen LogP contribution in [-0.4, -0.2) is 36.0 Å². The van der Waals surface area contributed by atoms with E-state index in [4.69, 9.17) is 0 Å². The quantitative estimate of drug-likeness (QED) is 0.602. The van der Waals surface area contributed by atoms with E-state index in [1.54, 1.807) is 0 Å². The third-order valence-electron chi connectivity index (χ3n) is 8.90. The van der Waals surface area contributed by atoms with Crippen molar-refractivity contribution in [2.45, 2.75) is 78.7 Å². The lowest BCUT2D eigenvalue weighted by molar-refractivity contribution is -0.0933. The Balaban J connectivity index is 1.86. The van der Waals surface area contributed by atoms with E-state index in [9.17, 15) is 10.2 Å². The maximum Gasteiger partial charge on any atom is 0.0544 e. The highest BCUT2D eigenvalue weighted by atomic mass is 16.3. The molecule has 0 spiro atoms. The van der Waals surface area contributed by atoms with Gasteiger partial charge in [-0.2, -0.15) is 0 Å². The average molecular weight is 378 g/mol. The largest absolute Gasteiger partial charge is 0.396 e. The summed E-state index contributed by atoms with van der Waals surface area (Å²) in [7, 11) is 0. The molecule has 3 N–H and O–H groups in total. The lowest BCUT2D eigenvalue weighted by atomic mass is 9.49. The van der Waals surface area contributed by atoms with Gasteiger partial charge in [-0.1, -0.05) is 39.8 Å². The summed E-state index contributed by atoms with van der Waals surface area (Å²) < 4.78 is 0. The Labute approximate surface area is 167 Å². The normalized spacial score (nSPS) is 45.3. The molecule has 0 amide bonds. The molecule has 0 saturated heterocycles. The van der Waals surface area contributed by atoms with Crippen molar-refractivity contribution in [2.75, 3.05) is 19.7 Å². The van der Waals surface area contributed by atoms with Gasteiger partial charge in [0.1, 0.15) is 0 Å². The Morgan fingerprint density at radius 2 is 1.89 bits per heavy atom. The number of aliphatic hydroxyl groups is 2. The Morgan fingerprint density at radius 1 is 1.15 bits per heavy atom. The lowest BCUT2D eigenvalue weighted by Gasteiger charge is -2.56. The fourth-order valence-corrected chi connectivity index (χ4v) is 7.01. The first-order valence-electron chi connectivity index (χ1n) is 11.4. The van der Waals surface area contributed by atoms with Crippen LogP contribution in [-0.2, 0) is 0 Å². The van der Waals surface area contributed by atoms with Crippen molar-refractivity contribution in [1.29, 1.82) is 0 Å². The molecule has 3 fully saturated rings.